The fourth-order valence-corrected chi connectivity index (χ4v) is 3.52. The first-order valence-corrected chi connectivity index (χ1v) is 10.0. The minimum atomic E-state index is -0.922. The van der Waals surface area contributed by atoms with Crippen LogP contribution in [0.25, 0.3) is 16.9 Å². The average Bonchev–Trinajstić information content (AvgIpc) is 3.02. The Hall–Kier alpha value is -1.53. The Morgan fingerprint density at radius 1 is 1.10 bits per heavy atom. The van der Waals surface area contributed by atoms with Gasteiger partial charge in [-0.2, -0.15) is 0 Å². The third-order valence-corrected chi connectivity index (χ3v) is 5.07. The summed E-state index contributed by atoms with van der Waals surface area (Å²) in [5.41, 5.74) is 4.80. The van der Waals surface area contributed by atoms with Crippen LogP contribution in [0.5, 0.6) is 5.75 Å². The van der Waals surface area contributed by atoms with Gasteiger partial charge in [-0.05, 0) is 67.8 Å². The first-order valence-electron chi connectivity index (χ1n) is 9.23. The van der Waals surface area contributed by atoms with Crippen molar-refractivity contribution in [3.05, 3.63) is 69.8 Å². The van der Waals surface area contributed by atoms with E-state index in [0.29, 0.717) is 18.1 Å². The van der Waals surface area contributed by atoms with Gasteiger partial charge >= 0.3 is 5.97 Å². The molecule has 0 fully saturated rings. The van der Waals surface area contributed by atoms with Crippen LogP contribution in [0.2, 0.25) is 0 Å². The van der Waals surface area contributed by atoms with Crippen molar-refractivity contribution in [3.63, 3.8) is 0 Å². The Bertz CT molecular complexity index is 1030. The number of benzene rings is 2. The summed E-state index contributed by atoms with van der Waals surface area (Å²) in [5.74, 6) is 0.302. The molecule has 0 aliphatic carbocycles. The van der Waals surface area contributed by atoms with E-state index in [1.165, 1.54) is 0 Å². The topological polar surface area (TPSA) is 51.5 Å². The number of carboxylic acids is 1. The molecule has 1 heterocycles. The maximum Gasteiger partial charge on any atom is 0.336 e. The van der Waals surface area contributed by atoms with Crippen molar-refractivity contribution >= 4 is 51.5 Å². The maximum absolute atomic E-state index is 11.6. The summed E-state index contributed by atoms with van der Waals surface area (Å²) < 4.78 is 9.08. The monoisotopic (exact) mass is 464 g/mol. The van der Waals surface area contributed by atoms with Crippen LogP contribution in [0.1, 0.15) is 35.5 Å². The fourth-order valence-electron chi connectivity index (χ4n) is 3.16. The Balaban J connectivity index is 0.00000300. The molecule has 0 aliphatic heterocycles. The number of halogens is 1. The van der Waals surface area contributed by atoms with Gasteiger partial charge in [-0.3, -0.25) is 0 Å². The summed E-state index contributed by atoms with van der Waals surface area (Å²) in [6.07, 6.45) is 0. The van der Waals surface area contributed by atoms with Gasteiger partial charge in [0.15, 0.2) is 0 Å². The SMILES string of the molecule is Cc1ccc(-n2c(C)ccc2-c2cc(Br)ccc2OCC(C)C)cc1C(=O)O.[Na]. The number of carbonyl (C=O) groups is 1. The third-order valence-electron chi connectivity index (χ3n) is 4.58. The minimum Gasteiger partial charge on any atom is -0.493 e. The molecule has 0 atom stereocenters. The predicted octanol–water partition coefficient (Wildman–Crippen LogP) is 5.88. The van der Waals surface area contributed by atoms with Crippen molar-refractivity contribution in [2.75, 3.05) is 6.61 Å². The molecule has 147 valence electrons. The number of aromatic carboxylic acids is 1. The molecule has 0 unspecified atom stereocenters. The van der Waals surface area contributed by atoms with Crippen LogP contribution in [0.4, 0.5) is 0 Å². The average molecular weight is 465 g/mol. The van der Waals surface area contributed by atoms with E-state index in [9.17, 15) is 9.90 Å². The van der Waals surface area contributed by atoms with Crippen LogP contribution in [-0.2, 0) is 0 Å². The van der Waals surface area contributed by atoms with Crippen molar-refractivity contribution in [2.45, 2.75) is 27.7 Å². The zero-order valence-corrected chi connectivity index (χ0v) is 21.1. The van der Waals surface area contributed by atoms with E-state index in [1.54, 1.807) is 6.07 Å². The largest absolute Gasteiger partial charge is 0.493 e. The smallest absolute Gasteiger partial charge is 0.336 e. The van der Waals surface area contributed by atoms with Crippen molar-refractivity contribution in [1.29, 1.82) is 0 Å². The van der Waals surface area contributed by atoms with Crippen molar-refractivity contribution in [1.82, 2.24) is 4.57 Å². The number of ether oxygens (including phenoxy) is 1. The molecule has 0 spiro atoms. The van der Waals surface area contributed by atoms with Gasteiger partial charge in [-0.25, -0.2) is 4.79 Å². The van der Waals surface area contributed by atoms with E-state index in [2.05, 4.69) is 34.3 Å². The van der Waals surface area contributed by atoms with Crippen LogP contribution in [0, 0.1) is 19.8 Å². The number of rotatable bonds is 6. The molecule has 2 aromatic carbocycles. The third kappa shape index (κ3) is 5.34. The van der Waals surface area contributed by atoms with E-state index in [4.69, 9.17) is 4.74 Å². The van der Waals surface area contributed by atoms with Crippen LogP contribution in [0.3, 0.4) is 0 Å². The van der Waals surface area contributed by atoms with Crippen LogP contribution >= 0.6 is 15.9 Å². The second-order valence-corrected chi connectivity index (χ2v) is 8.26. The predicted molar refractivity (Wildman–Crippen MR) is 121 cm³/mol. The molecule has 1 radical (unpaired) electrons. The number of hydrogen-bond acceptors (Lipinski definition) is 2. The first-order chi connectivity index (χ1) is 13.3. The van der Waals surface area contributed by atoms with E-state index < -0.39 is 5.97 Å². The molecule has 1 aromatic heterocycles. The summed E-state index contributed by atoms with van der Waals surface area (Å²) in [6.45, 7) is 8.68. The normalized spacial score (nSPS) is 10.7. The second-order valence-electron chi connectivity index (χ2n) is 7.35. The Morgan fingerprint density at radius 3 is 2.48 bits per heavy atom. The van der Waals surface area contributed by atoms with Gasteiger partial charge in [0.1, 0.15) is 5.75 Å². The Kier molecular flexibility index (Phi) is 8.18. The van der Waals surface area contributed by atoms with Crippen molar-refractivity contribution in [2.24, 2.45) is 5.92 Å². The van der Waals surface area contributed by atoms with Gasteiger partial charge in [0, 0.05) is 51.0 Å². The molecule has 3 aromatic rings. The van der Waals surface area contributed by atoms with E-state index in [-0.39, 0.29) is 29.6 Å². The summed E-state index contributed by atoms with van der Waals surface area (Å²) >= 11 is 3.56. The van der Waals surface area contributed by atoms with Gasteiger partial charge in [0.05, 0.1) is 17.9 Å². The molecule has 29 heavy (non-hydrogen) atoms. The Morgan fingerprint density at radius 2 is 1.83 bits per heavy atom. The van der Waals surface area contributed by atoms with Crippen LogP contribution < -0.4 is 4.74 Å². The summed E-state index contributed by atoms with van der Waals surface area (Å²) in [6, 6.07) is 15.6. The quantitative estimate of drug-likeness (QED) is 0.463. The maximum atomic E-state index is 11.6. The zero-order chi connectivity index (χ0) is 20.4. The fraction of sp³-hybridized carbons (Fsp3) is 0.261. The molecule has 0 aliphatic rings. The van der Waals surface area contributed by atoms with Gasteiger partial charge in [-0.15, -0.1) is 0 Å². The van der Waals surface area contributed by atoms with E-state index >= 15 is 0 Å². The van der Waals surface area contributed by atoms with Crippen molar-refractivity contribution in [3.8, 4) is 22.7 Å². The zero-order valence-electron chi connectivity index (χ0n) is 17.5. The molecule has 0 bridgehead atoms. The number of aryl methyl sites for hydroxylation is 2. The second kappa shape index (κ2) is 9.98. The molecular formula is C23H24BrNNaO3. The standard InChI is InChI=1S/C23H24BrNO3.Na/c1-14(2)13-28-22-10-7-17(24)11-20(22)21-9-6-16(4)25(21)18-8-5-15(3)19(12-18)23(26)27;/h5-12,14H,13H2,1-4H3,(H,26,27);. The molecule has 4 nitrogen and oxygen atoms in total. The molecule has 0 amide bonds. The first kappa shape index (κ1) is 23.7. The number of aromatic nitrogens is 1. The minimum absolute atomic E-state index is 0. The summed E-state index contributed by atoms with van der Waals surface area (Å²) in [7, 11) is 0. The molecule has 0 saturated heterocycles. The Labute approximate surface area is 202 Å². The molecule has 1 N–H and O–H groups in total. The molecule has 6 heteroatoms. The van der Waals surface area contributed by atoms with Gasteiger partial charge < -0.3 is 14.4 Å². The molecular weight excluding hydrogens is 441 g/mol. The number of carboxylic acid groups (broad SMARTS) is 1. The summed E-state index contributed by atoms with van der Waals surface area (Å²) in [4.78, 5) is 11.6. The van der Waals surface area contributed by atoms with E-state index in [1.807, 2.05) is 56.3 Å². The van der Waals surface area contributed by atoms with Crippen LogP contribution in [0.15, 0.2) is 53.0 Å². The van der Waals surface area contributed by atoms with Gasteiger partial charge in [0.2, 0.25) is 0 Å². The number of nitrogens with zero attached hydrogens (tertiary/aromatic N) is 1. The number of hydrogen-bond donors (Lipinski definition) is 1. The summed E-state index contributed by atoms with van der Waals surface area (Å²) in [5, 5.41) is 9.51. The van der Waals surface area contributed by atoms with Crippen molar-refractivity contribution < 1.29 is 14.6 Å². The van der Waals surface area contributed by atoms with Crippen LogP contribution in [-0.4, -0.2) is 51.8 Å². The molecule has 0 saturated carbocycles. The molecule has 3 rings (SSSR count). The van der Waals surface area contributed by atoms with Gasteiger partial charge in [-0.1, -0.05) is 35.8 Å². The van der Waals surface area contributed by atoms with Gasteiger partial charge in [0.25, 0.3) is 0 Å². The van der Waals surface area contributed by atoms with E-state index in [0.717, 1.165) is 38.4 Å².